The lowest BCUT2D eigenvalue weighted by Gasteiger charge is -2.05. The van der Waals surface area contributed by atoms with Crippen molar-refractivity contribution in [3.63, 3.8) is 0 Å². The summed E-state index contributed by atoms with van der Waals surface area (Å²) in [6.45, 7) is 5.89. The van der Waals surface area contributed by atoms with Crippen molar-refractivity contribution in [3.8, 4) is 0 Å². The third kappa shape index (κ3) is 1.63. The molecular weight excluding hydrogens is 258 g/mol. The van der Waals surface area contributed by atoms with Crippen LogP contribution in [0.1, 0.15) is 25.5 Å². The highest BCUT2D eigenvalue weighted by Gasteiger charge is 2.12. The van der Waals surface area contributed by atoms with Crippen LogP contribution >= 0.6 is 15.9 Å². The molecule has 0 saturated carbocycles. The van der Waals surface area contributed by atoms with Crippen LogP contribution in [0.5, 0.6) is 0 Å². The molecule has 4 heteroatoms. The summed E-state index contributed by atoms with van der Waals surface area (Å²) >= 11 is 3.45. The Labute approximate surface area is 95.8 Å². The van der Waals surface area contributed by atoms with Gasteiger partial charge in [0, 0.05) is 10.5 Å². The Morgan fingerprint density at radius 3 is 2.67 bits per heavy atom. The molecule has 0 amide bonds. The molecule has 1 aromatic heterocycles. The van der Waals surface area contributed by atoms with Gasteiger partial charge in [0.2, 0.25) is 0 Å². The number of aromatic nitrogens is 1. The molecule has 0 bridgehead atoms. The van der Waals surface area contributed by atoms with Crippen molar-refractivity contribution < 1.29 is 4.42 Å². The molecule has 2 aromatic rings. The largest absolute Gasteiger partial charge is 0.420 e. The first-order valence-corrected chi connectivity index (χ1v) is 5.61. The standard InChI is InChI=1S/C11H12BrNO2/c1-6(2)13-9-5-8(12)7(3)4-10(9)15-11(13)14/h4-6H,1-3H3. The minimum Gasteiger partial charge on any atom is -0.408 e. The molecule has 0 fully saturated rings. The van der Waals surface area contributed by atoms with Gasteiger partial charge >= 0.3 is 5.76 Å². The molecule has 1 heterocycles. The number of rotatable bonds is 1. The second-order valence-corrected chi connectivity index (χ2v) is 4.76. The van der Waals surface area contributed by atoms with Crippen molar-refractivity contribution in [3.05, 3.63) is 32.7 Å². The van der Waals surface area contributed by atoms with Gasteiger partial charge in [-0.2, -0.15) is 0 Å². The van der Waals surface area contributed by atoms with Crippen molar-refractivity contribution in [1.29, 1.82) is 0 Å². The first-order chi connectivity index (χ1) is 7.00. The first-order valence-electron chi connectivity index (χ1n) is 4.82. The van der Waals surface area contributed by atoms with Crippen LogP contribution in [0, 0.1) is 6.92 Å². The predicted molar refractivity (Wildman–Crippen MR) is 63.3 cm³/mol. The van der Waals surface area contributed by atoms with Gasteiger partial charge in [-0.25, -0.2) is 4.79 Å². The van der Waals surface area contributed by atoms with Crippen LogP contribution in [0.3, 0.4) is 0 Å². The van der Waals surface area contributed by atoms with Gasteiger partial charge in [0.15, 0.2) is 5.58 Å². The zero-order chi connectivity index (χ0) is 11.2. The zero-order valence-electron chi connectivity index (χ0n) is 8.87. The number of halogens is 1. The van der Waals surface area contributed by atoms with Crippen molar-refractivity contribution in [2.75, 3.05) is 0 Å². The Morgan fingerprint density at radius 2 is 2.07 bits per heavy atom. The fourth-order valence-electron chi connectivity index (χ4n) is 1.65. The van der Waals surface area contributed by atoms with Gasteiger partial charge < -0.3 is 4.42 Å². The van der Waals surface area contributed by atoms with E-state index in [9.17, 15) is 4.79 Å². The molecule has 15 heavy (non-hydrogen) atoms. The van der Waals surface area contributed by atoms with Crippen LogP contribution in [0.15, 0.2) is 25.8 Å². The van der Waals surface area contributed by atoms with Crippen LogP contribution in [0.2, 0.25) is 0 Å². The summed E-state index contributed by atoms with van der Waals surface area (Å²) in [5.74, 6) is -0.294. The van der Waals surface area contributed by atoms with E-state index in [1.54, 1.807) is 4.57 Å². The summed E-state index contributed by atoms with van der Waals surface area (Å²) in [6.07, 6.45) is 0. The highest BCUT2D eigenvalue weighted by molar-refractivity contribution is 9.10. The summed E-state index contributed by atoms with van der Waals surface area (Å²) in [5, 5.41) is 0. The van der Waals surface area contributed by atoms with Crippen molar-refractivity contribution in [2.45, 2.75) is 26.8 Å². The minimum absolute atomic E-state index is 0.105. The Kier molecular flexibility index (Phi) is 2.46. The maximum Gasteiger partial charge on any atom is 0.420 e. The molecule has 0 unspecified atom stereocenters. The molecule has 0 aliphatic heterocycles. The van der Waals surface area contributed by atoms with E-state index in [1.807, 2.05) is 32.9 Å². The maximum absolute atomic E-state index is 11.6. The molecule has 2 rings (SSSR count). The van der Waals surface area contributed by atoms with Gasteiger partial charge in [-0.1, -0.05) is 15.9 Å². The summed E-state index contributed by atoms with van der Waals surface area (Å²) in [7, 11) is 0. The summed E-state index contributed by atoms with van der Waals surface area (Å²) in [4.78, 5) is 11.6. The summed E-state index contributed by atoms with van der Waals surface area (Å²) in [5.41, 5.74) is 2.55. The third-order valence-corrected chi connectivity index (χ3v) is 3.26. The predicted octanol–water partition coefficient (Wildman–Crippen LogP) is 3.25. The number of hydrogen-bond donors (Lipinski definition) is 0. The lowest BCUT2D eigenvalue weighted by Crippen LogP contribution is -2.15. The molecule has 3 nitrogen and oxygen atoms in total. The van der Waals surface area contributed by atoms with Crippen LogP contribution in [0.4, 0.5) is 0 Å². The van der Waals surface area contributed by atoms with Crippen LogP contribution in [-0.2, 0) is 0 Å². The van der Waals surface area contributed by atoms with E-state index in [2.05, 4.69) is 15.9 Å². The molecule has 0 radical (unpaired) electrons. The first kappa shape index (κ1) is 10.5. The van der Waals surface area contributed by atoms with E-state index in [0.29, 0.717) is 5.58 Å². The van der Waals surface area contributed by atoms with E-state index >= 15 is 0 Å². The lowest BCUT2D eigenvalue weighted by atomic mass is 10.2. The van der Waals surface area contributed by atoms with Crippen molar-refractivity contribution >= 4 is 27.0 Å². The van der Waals surface area contributed by atoms with Gasteiger partial charge in [0.1, 0.15) is 0 Å². The van der Waals surface area contributed by atoms with E-state index in [4.69, 9.17) is 4.42 Å². The van der Waals surface area contributed by atoms with Gasteiger partial charge in [0.05, 0.1) is 5.52 Å². The minimum atomic E-state index is -0.294. The van der Waals surface area contributed by atoms with Crippen LogP contribution in [0.25, 0.3) is 11.1 Å². The number of hydrogen-bond acceptors (Lipinski definition) is 2. The molecule has 0 aliphatic rings. The second kappa shape index (κ2) is 3.52. The van der Waals surface area contributed by atoms with Gasteiger partial charge in [-0.05, 0) is 38.5 Å². The van der Waals surface area contributed by atoms with E-state index < -0.39 is 0 Å². The highest BCUT2D eigenvalue weighted by Crippen LogP contribution is 2.24. The van der Waals surface area contributed by atoms with Crippen LogP contribution < -0.4 is 5.76 Å². The monoisotopic (exact) mass is 269 g/mol. The summed E-state index contributed by atoms with van der Waals surface area (Å²) < 4.78 is 7.83. The van der Waals surface area contributed by atoms with Gasteiger partial charge in [-0.15, -0.1) is 0 Å². The molecule has 0 N–H and O–H groups in total. The summed E-state index contributed by atoms with van der Waals surface area (Å²) in [6, 6.07) is 3.91. The van der Waals surface area contributed by atoms with Crippen molar-refractivity contribution in [1.82, 2.24) is 4.57 Å². The van der Waals surface area contributed by atoms with E-state index in [1.165, 1.54) is 0 Å². The number of aryl methyl sites for hydroxylation is 1. The molecular formula is C11H12BrNO2. The molecule has 80 valence electrons. The zero-order valence-corrected chi connectivity index (χ0v) is 10.5. The normalized spacial score (nSPS) is 11.5. The third-order valence-electron chi connectivity index (χ3n) is 2.41. The van der Waals surface area contributed by atoms with E-state index in [-0.39, 0.29) is 11.8 Å². The SMILES string of the molecule is Cc1cc2oc(=O)n(C(C)C)c2cc1Br. The quantitative estimate of drug-likeness (QED) is 0.797. The Balaban J connectivity index is 2.88. The molecule has 0 aliphatic carbocycles. The fraction of sp³-hybridized carbons (Fsp3) is 0.364. The number of nitrogens with zero attached hydrogens (tertiary/aromatic N) is 1. The van der Waals surface area contributed by atoms with E-state index in [0.717, 1.165) is 15.6 Å². The Morgan fingerprint density at radius 1 is 1.40 bits per heavy atom. The maximum atomic E-state index is 11.6. The number of benzene rings is 1. The second-order valence-electron chi connectivity index (χ2n) is 3.90. The molecule has 0 saturated heterocycles. The average molecular weight is 270 g/mol. The lowest BCUT2D eigenvalue weighted by molar-refractivity contribution is 0.478. The number of fused-ring (bicyclic) bond motifs is 1. The average Bonchev–Trinajstić information content (AvgIpc) is 2.41. The van der Waals surface area contributed by atoms with Gasteiger partial charge in [-0.3, -0.25) is 4.57 Å². The smallest absolute Gasteiger partial charge is 0.408 e. The molecule has 1 aromatic carbocycles. The fourth-order valence-corrected chi connectivity index (χ4v) is 1.98. The Hall–Kier alpha value is -1.03. The van der Waals surface area contributed by atoms with Gasteiger partial charge in [0.25, 0.3) is 0 Å². The molecule has 0 spiro atoms. The number of oxazole rings is 1. The Bertz CT molecular complexity index is 566. The van der Waals surface area contributed by atoms with Crippen molar-refractivity contribution in [2.24, 2.45) is 0 Å². The molecule has 0 atom stereocenters. The highest BCUT2D eigenvalue weighted by atomic mass is 79.9. The van der Waals surface area contributed by atoms with Crippen LogP contribution in [-0.4, -0.2) is 4.57 Å². The topological polar surface area (TPSA) is 35.1 Å².